The van der Waals surface area contributed by atoms with Gasteiger partial charge in [-0.15, -0.1) is 11.3 Å². The summed E-state index contributed by atoms with van der Waals surface area (Å²) in [4.78, 5) is 60.2. The summed E-state index contributed by atoms with van der Waals surface area (Å²) in [5.41, 5.74) is 0.823. The lowest BCUT2D eigenvalue weighted by atomic mass is 9.98. The molecule has 1 atom stereocenters. The van der Waals surface area contributed by atoms with Gasteiger partial charge in [-0.05, 0) is 91.5 Å². The first-order chi connectivity index (χ1) is 21.0. The van der Waals surface area contributed by atoms with Crippen LogP contribution in [0.4, 0.5) is 20.4 Å². The van der Waals surface area contributed by atoms with Crippen molar-refractivity contribution in [2.24, 2.45) is 10.9 Å². The highest BCUT2D eigenvalue weighted by atomic mass is 32.1. The van der Waals surface area contributed by atoms with E-state index in [2.05, 4.69) is 30.8 Å². The van der Waals surface area contributed by atoms with Gasteiger partial charge in [0.25, 0.3) is 0 Å². The van der Waals surface area contributed by atoms with E-state index in [9.17, 15) is 24.3 Å². The monoisotopic (exact) mass is 644 g/mol. The molecule has 4 N–H and O–H groups in total. The molecule has 1 fully saturated rings. The van der Waals surface area contributed by atoms with Crippen molar-refractivity contribution in [3.63, 3.8) is 0 Å². The molecule has 0 radical (unpaired) electrons. The minimum atomic E-state index is -0.783. The molecule has 1 saturated heterocycles. The van der Waals surface area contributed by atoms with E-state index in [0.29, 0.717) is 43.2 Å². The number of rotatable bonds is 8. The summed E-state index contributed by atoms with van der Waals surface area (Å²) < 4.78 is 10.6. The van der Waals surface area contributed by atoms with Gasteiger partial charge in [0.05, 0.1) is 17.3 Å². The van der Waals surface area contributed by atoms with Crippen molar-refractivity contribution in [2.45, 2.75) is 91.9 Å². The highest BCUT2D eigenvalue weighted by Crippen LogP contribution is 2.28. The minimum absolute atomic E-state index is 0.147. The summed E-state index contributed by atoms with van der Waals surface area (Å²) in [6, 6.07) is 7.29. The number of alkyl carbamates (subject to hydrolysis) is 2. The molecule has 1 aliphatic heterocycles. The Morgan fingerprint density at radius 2 is 1.60 bits per heavy atom. The molecule has 0 spiro atoms. The first-order valence-electron chi connectivity index (χ1n) is 14.8. The summed E-state index contributed by atoms with van der Waals surface area (Å²) in [6.07, 6.45) is 1.19. The summed E-state index contributed by atoms with van der Waals surface area (Å²) in [7, 11) is 0. The average Bonchev–Trinajstić information content (AvgIpc) is 3.25. The van der Waals surface area contributed by atoms with Crippen LogP contribution in [0.15, 0.2) is 29.3 Å². The van der Waals surface area contributed by atoms with Gasteiger partial charge in [-0.25, -0.2) is 19.6 Å². The highest BCUT2D eigenvalue weighted by molar-refractivity contribution is 7.15. The maximum atomic E-state index is 12.4. The molecule has 246 valence electrons. The maximum Gasteiger partial charge on any atom is 0.414 e. The molecule has 0 bridgehead atoms. The number of carbonyl (C=O) groups is 4. The highest BCUT2D eigenvalue weighted by Gasteiger charge is 2.27. The Morgan fingerprint density at radius 1 is 1.00 bits per heavy atom. The normalized spacial score (nSPS) is 15.5. The van der Waals surface area contributed by atoms with Crippen LogP contribution in [0.2, 0.25) is 0 Å². The number of benzene rings is 1. The van der Waals surface area contributed by atoms with Crippen molar-refractivity contribution in [1.29, 1.82) is 0 Å². The molecule has 2 heterocycles. The van der Waals surface area contributed by atoms with E-state index in [1.807, 2.05) is 12.1 Å². The van der Waals surface area contributed by atoms with Crippen LogP contribution < -0.4 is 16.0 Å². The Balaban J connectivity index is 1.73. The number of ether oxygens (including phenoxy) is 2. The number of nitrogens with one attached hydrogen (secondary N) is 3. The van der Waals surface area contributed by atoms with Gasteiger partial charge in [0.15, 0.2) is 5.13 Å². The zero-order valence-corrected chi connectivity index (χ0v) is 27.8. The maximum absolute atomic E-state index is 12.4. The lowest BCUT2D eigenvalue weighted by Gasteiger charge is -2.30. The minimum Gasteiger partial charge on any atom is -0.481 e. The number of aromatic nitrogens is 1. The number of anilines is 1. The van der Waals surface area contributed by atoms with Crippen LogP contribution in [0, 0.1) is 5.92 Å². The number of hydrogen-bond acceptors (Lipinski definition) is 10. The molecule has 13 nitrogen and oxygen atoms in total. The number of piperidine rings is 1. The molecule has 1 aromatic carbocycles. The first-order valence-corrected chi connectivity index (χ1v) is 15.7. The lowest BCUT2D eigenvalue weighted by molar-refractivity contribution is -0.143. The van der Waals surface area contributed by atoms with Crippen LogP contribution in [-0.2, 0) is 38.4 Å². The zero-order valence-electron chi connectivity index (χ0n) is 27.0. The molecular weight excluding hydrogens is 600 g/mol. The van der Waals surface area contributed by atoms with Crippen molar-refractivity contribution in [2.75, 3.05) is 18.4 Å². The number of carboxylic acid groups (broad SMARTS) is 1. The molecule has 14 heteroatoms. The van der Waals surface area contributed by atoms with Crippen LogP contribution in [0.3, 0.4) is 0 Å². The molecule has 1 aliphatic rings. The lowest BCUT2D eigenvalue weighted by Crippen LogP contribution is -2.47. The fourth-order valence-corrected chi connectivity index (χ4v) is 5.62. The third-order valence-corrected chi connectivity index (χ3v) is 7.35. The largest absolute Gasteiger partial charge is 0.481 e. The van der Waals surface area contributed by atoms with E-state index in [1.54, 1.807) is 53.7 Å². The molecule has 2 aromatic rings. The topological polar surface area (TPSA) is 172 Å². The third-order valence-electron chi connectivity index (χ3n) is 6.35. The molecule has 0 saturated carbocycles. The molecule has 1 aromatic heterocycles. The SMILES string of the molecule is CC(=O)Nc1nc(CCc2ccc(N=C(NC(=O)OC(C)(C)C)NC(=O)OC(C)(C)C)cc2)c(CN2CCC[C@@H](C(=O)O)C2)s1. The number of guanidine groups is 1. The fraction of sp³-hybridized carbons (Fsp3) is 0.548. The number of likely N-dealkylation sites (tertiary alicyclic amines) is 1. The number of thiazole rings is 1. The molecule has 45 heavy (non-hydrogen) atoms. The second-order valence-electron chi connectivity index (χ2n) is 12.9. The predicted octanol–water partition coefficient (Wildman–Crippen LogP) is 5.22. The Hall–Kier alpha value is -4.04. The third kappa shape index (κ3) is 12.8. The number of hydrogen-bond donors (Lipinski definition) is 4. The van der Waals surface area contributed by atoms with Gasteiger partial charge < -0.3 is 19.9 Å². The molecule has 0 unspecified atom stereocenters. The molecule has 0 aliphatic carbocycles. The van der Waals surface area contributed by atoms with Crippen molar-refractivity contribution < 1.29 is 33.8 Å². The van der Waals surface area contributed by atoms with Gasteiger partial charge in [-0.1, -0.05) is 12.1 Å². The fourth-order valence-electron chi connectivity index (χ4n) is 4.53. The number of carboxylic acids is 1. The molecule has 3 amide bonds. The molecular formula is C31H44N6O7S. The van der Waals surface area contributed by atoms with E-state index >= 15 is 0 Å². The Bertz CT molecular complexity index is 1360. The summed E-state index contributed by atoms with van der Waals surface area (Å²) in [5, 5.41) is 17.7. The number of aliphatic imine (C=N–C) groups is 1. The van der Waals surface area contributed by atoms with Crippen molar-refractivity contribution in [3.8, 4) is 0 Å². The Morgan fingerprint density at radius 3 is 2.13 bits per heavy atom. The van der Waals surface area contributed by atoms with Gasteiger partial charge in [-0.3, -0.25) is 25.1 Å². The zero-order chi connectivity index (χ0) is 33.4. The van der Waals surface area contributed by atoms with Crippen molar-refractivity contribution in [1.82, 2.24) is 20.5 Å². The van der Waals surface area contributed by atoms with Gasteiger partial charge in [0.1, 0.15) is 11.2 Å². The second-order valence-corrected chi connectivity index (χ2v) is 13.9. The van der Waals surface area contributed by atoms with Gasteiger partial charge >= 0.3 is 18.2 Å². The van der Waals surface area contributed by atoms with Crippen LogP contribution in [0.25, 0.3) is 0 Å². The number of carbonyl (C=O) groups excluding carboxylic acids is 3. The van der Waals surface area contributed by atoms with E-state index in [1.165, 1.54) is 18.3 Å². The predicted molar refractivity (Wildman–Crippen MR) is 172 cm³/mol. The quantitative estimate of drug-likeness (QED) is 0.222. The van der Waals surface area contributed by atoms with Gasteiger partial charge in [-0.2, -0.15) is 0 Å². The second kappa shape index (κ2) is 15.3. The summed E-state index contributed by atoms with van der Waals surface area (Å²) in [5.74, 6) is -1.51. The van der Waals surface area contributed by atoms with Crippen molar-refractivity contribution >= 4 is 52.2 Å². The average molecular weight is 645 g/mol. The number of aliphatic carboxylic acids is 1. The Labute approximate surface area is 267 Å². The van der Waals surface area contributed by atoms with E-state index in [-0.39, 0.29) is 17.8 Å². The van der Waals surface area contributed by atoms with E-state index < -0.39 is 29.4 Å². The number of aryl methyl sites for hydroxylation is 2. The van der Waals surface area contributed by atoms with Crippen molar-refractivity contribution in [3.05, 3.63) is 40.4 Å². The van der Waals surface area contributed by atoms with Crippen LogP contribution in [-0.4, -0.2) is 69.3 Å². The standard InChI is InChI=1S/C31H44N6O7S/c1-19(38)32-27-34-23(24(45-27)18-37-16-8-9-21(17-37)25(39)40)15-12-20-10-13-22(14-11-20)33-26(35-28(41)43-30(2,3)4)36-29(42)44-31(5,6)7/h10-11,13-14,21H,8-9,12,15-18H2,1-7H3,(H,39,40)(H,32,34,38)(H2,33,35,36,41,42)/t21-/m1/s1. The van der Waals surface area contributed by atoms with Crippen LogP contribution >= 0.6 is 11.3 Å². The van der Waals surface area contributed by atoms with E-state index in [4.69, 9.17) is 9.47 Å². The summed E-state index contributed by atoms with van der Waals surface area (Å²) in [6.45, 7) is 13.6. The van der Waals surface area contributed by atoms with Crippen LogP contribution in [0.5, 0.6) is 0 Å². The Kier molecular flexibility index (Phi) is 12.1. The number of amides is 3. The number of nitrogens with zero attached hydrogens (tertiary/aromatic N) is 3. The van der Waals surface area contributed by atoms with Gasteiger partial charge in [0.2, 0.25) is 11.9 Å². The van der Waals surface area contributed by atoms with Gasteiger partial charge in [0, 0.05) is 24.9 Å². The van der Waals surface area contributed by atoms with Crippen LogP contribution in [0.1, 0.15) is 77.4 Å². The molecule has 3 rings (SSSR count). The van der Waals surface area contributed by atoms with E-state index in [0.717, 1.165) is 29.1 Å². The summed E-state index contributed by atoms with van der Waals surface area (Å²) >= 11 is 1.41. The first kappa shape index (κ1) is 35.4. The smallest absolute Gasteiger partial charge is 0.414 e.